The minimum absolute atomic E-state index is 0.0225. The molecule has 0 aliphatic rings. The summed E-state index contributed by atoms with van der Waals surface area (Å²) in [6, 6.07) is 5.12. The van der Waals surface area contributed by atoms with Crippen LogP contribution in [0.3, 0.4) is 0 Å². The van der Waals surface area contributed by atoms with Gasteiger partial charge in [-0.3, -0.25) is 4.79 Å². The molecule has 1 atom stereocenters. The van der Waals surface area contributed by atoms with Crippen molar-refractivity contribution in [2.24, 2.45) is 5.92 Å². The van der Waals surface area contributed by atoms with Gasteiger partial charge in [-0.25, -0.2) is 4.98 Å². The van der Waals surface area contributed by atoms with E-state index in [9.17, 15) is 4.79 Å². The van der Waals surface area contributed by atoms with Crippen LogP contribution in [0.1, 0.15) is 30.8 Å². The number of hydrogen-bond acceptors (Lipinski definition) is 3. The van der Waals surface area contributed by atoms with Crippen LogP contribution in [0.25, 0.3) is 0 Å². The summed E-state index contributed by atoms with van der Waals surface area (Å²) in [7, 11) is 0. The summed E-state index contributed by atoms with van der Waals surface area (Å²) >= 11 is 0. The van der Waals surface area contributed by atoms with E-state index in [2.05, 4.69) is 4.98 Å². The standard InChI is InChI=1S/C10H14N2O/c1-3-7(2)10(13)8-5-4-6-9(11)12-8/h4-7H,3H2,1-2H3,(H2,11,12). The lowest BCUT2D eigenvalue weighted by Gasteiger charge is -2.06. The van der Waals surface area contributed by atoms with Crippen molar-refractivity contribution >= 4 is 11.6 Å². The molecule has 3 heteroatoms. The van der Waals surface area contributed by atoms with Gasteiger partial charge in [-0.05, 0) is 18.6 Å². The molecule has 0 fully saturated rings. The fraction of sp³-hybridized carbons (Fsp3) is 0.400. The second-order valence-corrected chi connectivity index (χ2v) is 3.12. The molecule has 0 saturated heterocycles. The van der Waals surface area contributed by atoms with Gasteiger partial charge in [0.2, 0.25) is 0 Å². The van der Waals surface area contributed by atoms with Crippen molar-refractivity contribution < 1.29 is 4.79 Å². The first kappa shape index (κ1) is 9.71. The van der Waals surface area contributed by atoms with E-state index >= 15 is 0 Å². The van der Waals surface area contributed by atoms with Gasteiger partial charge in [0.05, 0.1) is 0 Å². The second-order valence-electron chi connectivity index (χ2n) is 3.12. The number of anilines is 1. The topological polar surface area (TPSA) is 56.0 Å². The fourth-order valence-electron chi connectivity index (χ4n) is 1.03. The zero-order chi connectivity index (χ0) is 9.84. The molecule has 1 heterocycles. The third kappa shape index (κ3) is 2.28. The Kier molecular flexibility index (Phi) is 3.01. The maximum atomic E-state index is 11.6. The number of nitrogens with zero attached hydrogens (tertiary/aromatic N) is 1. The molecule has 0 bridgehead atoms. The maximum absolute atomic E-state index is 11.6. The number of carbonyl (C=O) groups is 1. The Morgan fingerprint density at radius 3 is 2.85 bits per heavy atom. The van der Waals surface area contributed by atoms with Crippen molar-refractivity contribution in [1.29, 1.82) is 0 Å². The van der Waals surface area contributed by atoms with E-state index in [1.54, 1.807) is 18.2 Å². The molecule has 0 spiro atoms. The number of nitrogens with two attached hydrogens (primary N) is 1. The maximum Gasteiger partial charge on any atom is 0.184 e. The Morgan fingerprint density at radius 2 is 2.31 bits per heavy atom. The van der Waals surface area contributed by atoms with Gasteiger partial charge in [-0.2, -0.15) is 0 Å². The van der Waals surface area contributed by atoms with Crippen LogP contribution in [0.4, 0.5) is 5.82 Å². The SMILES string of the molecule is CCC(C)C(=O)c1cccc(N)n1. The average molecular weight is 178 g/mol. The van der Waals surface area contributed by atoms with E-state index in [0.29, 0.717) is 11.5 Å². The molecule has 1 aromatic rings. The van der Waals surface area contributed by atoms with Gasteiger partial charge in [0, 0.05) is 5.92 Å². The molecule has 1 aromatic heterocycles. The molecule has 1 unspecified atom stereocenters. The van der Waals surface area contributed by atoms with Crippen LogP contribution in [0.2, 0.25) is 0 Å². The Bertz CT molecular complexity index is 310. The fourth-order valence-corrected chi connectivity index (χ4v) is 1.03. The molecule has 0 saturated carbocycles. The molecule has 0 aromatic carbocycles. The zero-order valence-electron chi connectivity index (χ0n) is 7.95. The lowest BCUT2D eigenvalue weighted by molar-refractivity contribution is 0.0922. The third-order valence-electron chi connectivity index (χ3n) is 2.08. The van der Waals surface area contributed by atoms with E-state index in [-0.39, 0.29) is 11.7 Å². The van der Waals surface area contributed by atoms with E-state index < -0.39 is 0 Å². The van der Waals surface area contributed by atoms with Crippen molar-refractivity contribution in [2.45, 2.75) is 20.3 Å². The van der Waals surface area contributed by atoms with Crippen LogP contribution in [0.5, 0.6) is 0 Å². The highest BCUT2D eigenvalue weighted by Gasteiger charge is 2.14. The Balaban J connectivity index is 2.89. The number of ketones is 1. The lowest BCUT2D eigenvalue weighted by atomic mass is 10.0. The number of pyridine rings is 1. The highest BCUT2D eigenvalue weighted by molar-refractivity contribution is 5.96. The number of Topliss-reactive ketones (excluding diaryl/α,β-unsaturated/α-hetero) is 1. The number of hydrogen-bond donors (Lipinski definition) is 1. The van der Waals surface area contributed by atoms with Gasteiger partial charge in [-0.15, -0.1) is 0 Å². The van der Waals surface area contributed by atoms with E-state index in [0.717, 1.165) is 6.42 Å². The first-order chi connectivity index (χ1) is 6.15. The summed E-state index contributed by atoms with van der Waals surface area (Å²) in [6.07, 6.45) is 0.829. The Hall–Kier alpha value is -1.38. The van der Waals surface area contributed by atoms with Crippen molar-refractivity contribution in [1.82, 2.24) is 4.98 Å². The molecule has 2 N–H and O–H groups in total. The molecule has 3 nitrogen and oxygen atoms in total. The summed E-state index contributed by atoms with van der Waals surface area (Å²) in [5.41, 5.74) is 5.94. The minimum Gasteiger partial charge on any atom is -0.384 e. The van der Waals surface area contributed by atoms with Crippen molar-refractivity contribution in [2.75, 3.05) is 5.73 Å². The van der Waals surface area contributed by atoms with Gasteiger partial charge in [0.25, 0.3) is 0 Å². The van der Waals surface area contributed by atoms with E-state index in [4.69, 9.17) is 5.73 Å². The molecule has 0 aliphatic heterocycles. The third-order valence-corrected chi connectivity index (χ3v) is 2.08. The normalized spacial score (nSPS) is 12.5. The predicted octanol–water partition coefficient (Wildman–Crippen LogP) is 1.89. The van der Waals surface area contributed by atoms with Gasteiger partial charge in [0.1, 0.15) is 11.5 Å². The van der Waals surface area contributed by atoms with Crippen LogP contribution in [-0.4, -0.2) is 10.8 Å². The minimum atomic E-state index is 0.0225. The number of nitrogen functional groups attached to an aromatic ring is 1. The van der Waals surface area contributed by atoms with Crippen LogP contribution in [0.15, 0.2) is 18.2 Å². The summed E-state index contributed by atoms with van der Waals surface area (Å²) in [5.74, 6) is 0.484. The summed E-state index contributed by atoms with van der Waals surface area (Å²) < 4.78 is 0. The van der Waals surface area contributed by atoms with Crippen molar-refractivity contribution in [3.05, 3.63) is 23.9 Å². The van der Waals surface area contributed by atoms with Gasteiger partial charge >= 0.3 is 0 Å². The summed E-state index contributed by atoms with van der Waals surface area (Å²) in [5, 5.41) is 0. The van der Waals surface area contributed by atoms with Gasteiger partial charge in [0.15, 0.2) is 5.78 Å². The number of rotatable bonds is 3. The van der Waals surface area contributed by atoms with Gasteiger partial charge in [-0.1, -0.05) is 19.9 Å². The quantitative estimate of drug-likeness (QED) is 0.719. The molecule has 70 valence electrons. The second kappa shape index (κ2) is 4.03. The van der Waals surface area contributed by atoms with E-state index in [1.165, 1.54) is 0 Å². The van der Waals surface area contributed by atoms with E-state index in [1.807, 2.05) is 13.8 Å². The van der Waals surface area contributed by atoms with Crippen molar-refractivity contribution in [3.63, 3.8) is 0 Å². The molecule has 0 amide bonds. The number of aromatic nitrogens is 1. The first-order valence-electron chi connectivity index (χ1n) is 4.42. The van der Waals surface area contributed by atoms with Crippen LogP contribution >= 0.6 is 0 Å². The smallest absolute Gasteiger partial charge is 0.184 e. The van der Waals surface area contributed by atoms with Crippen LogP contribution in [0, 0.1) is 5.92 Å². The van der Waals surface area contributed by atoms with Gasteiger partial charge < -0.3 is 5.73 Å². The average Bonchev–Trinajstić information content (AvgIpc) is 2.15. The zero-order valence-corrected chi connectivity index (χ0v) is 7.95. The summed E-state index contributed by atoms with van der Waals surface area (Å²) in [6.45, 7) is 3.88. The predicted molar refractivity (Wildman–Crippen MR) is 52.4 cm³/mol. The highest BCUT2D eigenvalue weighted by atomic mass is 16.1. The number of carbonyl (C=O) groups excluding carboxylic acids is 1. The van der Waals surface area contributed by atoms with Crippen LogP contribution in [-0.2, 0) is 0 Å². The molecule has 1 rings (SSSR count). The molecular formula is C10H14N2O. The van der Waals surface area contributed by atoms with Crippen molar-refractivity contribution in [3.8, 4) is 0 Å². The highest BCUT2D eigenvalue weighted by Crippen LogP contribution is 2.10. The van der Waals surface area contributed by atoms with Crippen LogP contribution < -0.4 is 5.73 Å². The molecular weight excluding hydrogens is 164 g/mol. The molecule has 0 aliphatic carbocycles. The molecule has 0 radical (unpaired) electrons. The first-order valence-corrected chi connectivity index (χ1v) is 4.42. The summed E-state index contributed by atoms with van der Waals surface area (Å²) in [4.78, 5) is 15.6. The Morgan fingerprint density at radius 1 is 1.62 bits per heavy atom. The lowest BCUT2D eigenvalue weighted by Crippen LogP contribution is -2.12. The molecule has 13 heavy (non-hydrogen) atoms. The largest absolute Gasteiger partial charge is 0.384 e. The monoisotopic (exact) mass is 178 g/mol. The Labute approximate surface area is 78.0 Å².